The number of rotatable bonds is 4. The van der Waals surface area contributed by atoms with E-state index in [0.717, 1.165) is 12.8 Å². The Labute approximate surface area is 96.3 Å². The normalized spacial score (nSPS) is 10.9. The van der Waals surface area contributed by atoms with E-state index >= 15 is 0 Å². The molecule has 2 N–H and O–H groups in total. The molecule has 0 unspecified atom stereocenters. The van der Waals surface area contributed by atoms with Crippen LogP contribution in [0.4, 0.5) is 0 Å². The van der Waals surface area contributed by atoms with Crippen LogP contribution in [0, 0.1) is 0 Å². The Balaban J connectivity index is 2.65. The molecule has 0 aliphatic carbocycles. The Morgan fingerprint density at radius 1 is 1.59 bits per heavy atom. The fourth-order valence-corrected chi connectivity index (χ4v) is 1.76. The van der Waals surface area contributed by atoms with Crippen LogP contribution in [-0.2, 0) is 6.42 Å². The highest BCUT2D eigenvalue weighted by molar-refractivity contribution is 6.00. The number of carboxylic acid groups (broad SMARTS) is 1. The molecule has 0 saturated heterocycles. The molecule has 0 fully saturated rings. The van der Waals surface area contributed by atoms with Crippen molar-refractivity contribution >= 4 is 17.1 Å². The number of unbranched alkanes of at least 4 members (excludes halogenated alkanes) is 1. The number of fused-ring (bicyclic) bond motifs is 1. The predicted octanol–water partition coefficient (Wildman–Crippen LogP) is 1.56. The van der Waals surface area contributed by atoms with Gasteiger partial charge in [-0.3, -0.25) is 0 Å². The van der Waals surface area contributed by atoms with Crippen molar-refractivity contribution in [1.82, 2.24) is 10.2 Å². The highest BCUT2D eigenvalue weighted by atomic mass is 16.4. The molecule has 6 nitrogen and oxygen atoms in total. The SMILES string of the molecule is CCCCc1cc(=O)oc2[nH]nc(C(=O)O)c12. The Bertz CT molecular complexity index is 611. The van der Waals surface area contributed by atoms with E-state index < -0.39 is 11.6 Å². The van der Waals surface area contributed by atoms with Crippen LogP contribution in [0.5, 0.6) is 0 Å². The fraction of sp³-hybridized carbons (Fsp3) is 0.364. The van der Waals surface area contributed by atoms with E-state index in [-0.39, 0.29) is 11.4 Å². The molecule has 0 radical (unpaired) electrons. The van der Waals surface area contributed by atoms with E-state index in [1.807, 2.05) is 6.92 Å². The van der Waals surface area contributed by atoms with Crippen molar-refractivity contribution in [2.45, 2.75) is 26.2 Å². The Kier molecular flexibility index (Phi) is 2.95. The van der Waals surface area contributed by atoms with Crippen LogP contribution in [0.25, 0.3) is 11.1 Å². The first-order valence-electron chi connectivity index (χ1n) is 5.38. The molecule has 0 aliphatic rings. The van der Waals surface area contributed by atoms with Gasteiger partial charge in [-0.05, 0) is 18.4 Å². The molecule has 0 saturated carbocycles. The van der Waals surface area contributed by atoms with Crippen LogP contribution in [0.2, 0.25) is 0 Å². The van der Waals surface area contributed by atoms with Crippen molar-refractivity contribution in [3.8, 4) is 0 Å². The molecule has 0 aliphatic heterocycles. The first kappa shape index (κ1) is 11.4. The number of aromatic carboxylic acids is 1. The maximum atomic E-state index is 11.3. The van der Waals surface area contributed by atoms with Crippen LogP contribution in [0.15, 0.2) is 15.3 Å². The van der Waals surface area contributed by atoms with E-state index in [0.29, 0.717) is 17.4 Å². The molecule has 0 bridgehead atoms. The van der Waals surface area contributed by atoms with Crippen LogP contribution in [0.1, 0.15) is 35.8 Å². The van der Waals surface area contributed by atoms with Gasteiger partial charge in [0.2, 0.25) is 5.71 Å². The molecule has 0 atom stereocenters. The van der Waals surface area contributed by atoms with E-state index in [4.69, 9.17) is 9.52 Å². The lowest BCUT2D eigenvalue weighted by molar-refractivity contribution is 0.0692. The quantitative estimate of drug-likeness (QED) is 0.839. The molecule has 2 rings (SSSR count). The zero-order valence-corrected chi connectivity index (χ0v) is 9.32. The monoisotopic (exact) mass is 236 g/mol. The maximum absolute atomic E-state index is 11.3. The van der Waals surface area contributed by atoms with Gasteiger partial charge in [-0.1, -0.05) is 13.3 Å². The number of aromatic amines is 1. The number of nitrogens with zero attached hydrogens (tertiary/aromatic N) is 1. The van der Waals surface area contributed by atoms with Crippen molar-refractivity contribution in [1.29, 1.82) is 0 Å². The molecule has 17 heavy (non-hydrogen) atoms. The minimum atomic E-state index is -1.14. The van der Waals surface area contributed by atoms with Crippen molar-refractivity contribution in [3.63, 3.8) is 0 Å². The van der Waals surface area contributed by atoms with E-state index in [9.17, 15) is 9.59 Å². The number of carboxylic acids is 1. The smallest absolute Gasteiger partial charge is 0.357 e. The fourth-order valence-electron chi connectivity index (χ4n) is 1.76. The van der Waals surface area contributed by atoms with Crippen LogP contribution in [0.3, 0.4) is 0 Å². The summed E-state index contributed by atoms with van der Waals surface area (Å²) < 4.78 is 4.88. The molecule has 2 aromatic heterocycles. The first-order chi connectivity index (χ1) is 8.13. The third kappa shape index (κ3) is 2.06. The minimum Gasteiger partial charge on any atom is -0.476 e. The summed E-state index contributed by atoms with van der Waals surface area (Å²) in [6.45, 7) is 2.02. The third-order valence-corrected chi connectivity index (χ3v) is 2.55. The lowest BCUT2D eigenvalue weighted by atomic mass is 10.1. The molecule has 90 valence electrons. The lowest BCUT2D eigenvalue weighted by Gasteiger charge is -2.00. The summed E-state index contributed by atoms with van der Waals surface area (Å²) in [5, 5.41) is 15.5. The Hall–Kier alpha value is -2.11. The van der Waals surface area contributed by atoms with Gasteiger partial charge in [0.25, 0.3) is 0 Å². The molecule has 6 heteroatoms. The molecule has 0 spiro atoms. The topological polar surface area (TPSA) is 96.2 Å². The summed E-state index contributed by atoms with van der Waals surface area (Å²) in [4.78, 5) is 22.3. The van der Waals surface area contributed by atoms with Gasteiger partial charge >= 0.3 is 11.6 Å². The number of carbonyl (C=O) groups is 1. The number of aryl methyl sites for hydroxylation is 1. The van der Waals surface area contributed by atoms with Gasteiger partial charge < -0.3 is 9.52 Å². The summed E-state index contributed by atoms with van der Waals surface area (Å²) in [6.07, 6.45) is 2.48. The highest BCUT2D eigenvalue weighted by Crippen LogP contribution is 2.20. The zero-order valence-electron chi connectivity index (χ0n) is 9.32. The van der Waals surface area contributed by atoms with Gasteiger partial charge in [-0.15, -0.1) is 0 Å². The van der Waals surface area contributed by atoms with Crippen molar-refractivity contribution < 1.29 is 14.3 Å². The predicted molar refractivity (Wildman–Crippen MR) is 60.2 cm³/mol. The second kappa shape index (κ2) is 4.40. The average Bonchev–Trinajstić information content (AvgIpc) is 2.69. The molecular weight excluding hydrogens is 224 g/mol. The van der Waals surface area contributed by atoms with Crippen LogP contribution >= 0.6 is 0 Å². The van der Waals surface area contributed by atoms with E-state index in [2.05, 4.69) is 10.2 Å². The summed E-state index contributed by atoms with van der Waals surface area (Å²) >= 11 is 0. The Morgan fingerprint density at radius 3 is 3.00 bits per heavy atom. The molecule has 2 heterocycles. The maximum Gasteiger partial charge on any atom is 0.357 e. The largest absolute Gasteiger partial charge is 0.476 e. The number of hydrogen-bond donors (Lipinski definition) is 2. The van der Waals surface area contributed by atoms with Crippen molar-refractivity contribution in [3.05, 3.63) is 27.7 Å². The highest BCUT2D eigenvalue weighted by Gasteiger charge is 2.18. The lowest BCUT2D eigenvalue weighted by Crippen LogP contribution is -2.03. The van der Waals surface area contributed by atoms with Crippen molar-refractivity contribution in [2.75, 3.05) is 0 Å². The number of H-pyrrole nitrogens is 1. The molecule has 2 aromatic rings. The molecule has 0 aromatic carbocycles. The van der Waals surface area contributed by atoms with Crippen LogP contribution in [-0.4, -0.2) is 21.3 Å². The first-order valence-corrected chi connectivity index (χ1v) is 5.38. The minimum absolute atomic E-state index is 0.102. The number of nitrogens with one attached hydrogen (secondary N) is 1. The van der Waals surface area contributed by atoms with Gasteiger partial charge in [0, 0.05) is 6.07 Å². The Morgan fingerprint density at radius 2 is 2.35 bits per heavy atom. The standard InChI is InChI=1S/C11H12N2O4/c1-2-3-4-6-5-7(14)17-10-8(6)9(11(15)16)12-13-10/h5H,2-4H2,1H3,(H,12,13)(H,15,16). The van der Waals surface area contributed by atoms with E-state index in [1.54, 1.807) is 0 Å². The summed E-state index contributed by atoms with van der Waals surface area (Å²) in [6, 6.07) is 1.33. The summed E-state index contributed by atoms with van der Waals surface area (Å²) in [5.41, 5.74) is 0.198. The zero-order chi connectivity index (χ0) is 12.4. The molecule has 0 amide bonds. The van der Waals surface area contributed by atoms with Crippen molar-refractivity contribution in [2.24, 2.45) is 0 Å². The summed E-state index contributed by atoms with van der Waals surface area (Å²) in [5.74, 6) is -1.14. The molecular formula is C11H12N2O4. The summed E-state index contributed by atoms with van der Waals surface area (Å²) in [7, 11) is 0. The van der Waals surface area contributed by atoms with Gasteiger partial charge in [0.15, 0.2) is 5.69 Å². The third-order valence-electron chi connectivity index (χ3n) is 2.55. The van der Waals surface area contributed by atoms with Crippen LogP contribution < -0.4 is 5.63 Å². The average molecular weight is 236 g/mol. The van der Waals surface area contributed by atoms with E-state index in [1.165, 1.54) is 6.07 Å². The van der Waals surface area contributed by atoms with Gasteiger partial charge in [0.1, 0.15) is 0 Å². The number of hydrogen-bond acceptors (Lipinski definition) is 4. The number of aromatic nitrogens is 2. The van der Waals surface area contributed by atoms with Gasteiger partial charge in [-0.25, -0.2) is 14.7 Å². The second-order valence-corrected chi connectivity index (χ2v) is 3.78. The second-order valence-electron chi connectivity index (χ2n) is 3.78. The van der Waals surface area contributed by atoms with Gasteiger partial charge in [-0.2, -0.15) is 5.10 Å². The van der Waals surface area contributed by atoms with Gasteiger partial charge in [0.05, 0.1) is 5.39 Å².